The summed E-state index contributed by atoms with van der Waals surface area (Å²) in [6.07, 6.45) is 4.49. The molecule has 1 amide bonds. The van der Waals surface area contributed by atoms with Gasteiger partial charge in [-0.3, -0.25) is 9.78 Å². The van der Waals surface area contributed by atoms with Crippen molar-refractivity contribution >= 4 is 42.2 Å². The molecule has 0 atom stereocenters. The van der Waals surface area contributed by atoms with Crippen molar-refractivity contribution in [3.8, 4) is 11.1 Å². The first-order valence-corrected chi connectivity index (χ1v) is 18.0. The smallest absolute Gasteiger partial charge is 0.258 e. The summed E-state index contributed by atoms with van der Waals surface area (Å²) in [4.78, 5) is 19.9. The lowest BCUT2D eigenvalue weighted by Crippen LogP contribution is -2.33. The van der Waals surface area contributed by atoms with Crippen LogP contribution < -0.4 is 4.90 Å². The summed E-state index contributed by atoms with van der Waals surface area (Å²) in [5, 5.41) is 0.820. The maximum absolute atomic E-state index is 13.6. The molecule has 0 bridgehead atoms. The molecule has 0 aliphatic carbocycles. The molecule has 0 spiro atoms. The fraction of sp³-hybridized carbons (Fsp3) is 0.200. The number of anilines is 1. The average molecular weight is 645 g/mol. The first kappa shape index (κ1) is 32.0. The van der Waals surface area contributed by atoms with Gasteiger partial charge in [-0.25, -0.2) is 21.2 Å². The molecule has 0 aliphatic heterocycles. The number of fused-ring (bicyclic) bond motifs is 1. The van der Waals surface area contributed by atoms with Gasteiger partial charge in [-0.1, -0.05) is 30.3 Å². The molecule has 45 heavy (non-hydrogen) atoms. The van der Waals surface area contributed by atoms with Crippen LogP contribution in [0.3, 0.4) is 0 Å². The molecule has 10 heteroatoms. The van der Waals surface area contributed by atoms with Gasteiger partial charge in [-0.2, -0.15) is 0 Å². The predicted molar refractivity (Wildman–Crippen MR) is 176 cm³/mol. The van der Waals surface area contributed by atoms with Crippen molar-refractivity contribution in [2.75, 3.05) is 24.0 Å². The number of hydrogen-bond acceptors (Lipinski definition) is 6. The first-order valence-electron chi connectivity index (χ1n) is 14.2. The monoisotopic (exact) mass is 644 g/mol. The van der Waals surface area contributed by atoms with Gasteiger partial charge in [0, 0.05) is 47.5 Å². The molecule has 1 aromatic heterocycles. The van der Waals surface area contributed by atoms with Crippen LogP contribution in [0.2, 0.25) is 0 Å². The number of sulfone groups is 2. The summed E-state index contributed by atoms with van der Waals surface area (Å²) in [5.74, 6) is -0.817. The highest BCUT2D eigenvalue weighted by Gasteiger charge is 2.33. The molecule has 1 heterocycles. The predicted octanol–water partition coefficient (Wildman–Crippen LogP) is 6.61. The lowest BCUT2D eigenvalue weighted by atomic mass is 9.92. The molecule has 5 rings (SSSR count). The third-order valence-electron chi connectivity index (χ3n) is 8.10. The normalized spacial score (nSPS) is 12.3. The van der Waals surface area contributed by atoms with Gasteiger partial charge in [0.2, 0.25) is 0 Å². The van der Waals surface area contributed by atoms with Crippen molar-refractivity contribution < 1.29 is 26.0 Å². The molecule has 232 valence electrons. The fourth-order valence-corrected chi connectivity index (χ4v) is 6.26. The van der Waals surface area contributed by atoms with Crippen LogP contribution in [0.4, 0.5) is 10.1 Å². The molecular weight excluding hydrogens is 612 g/mol. The summed E-state index contributed by atoms with van der Waals surface area (Å²) in [7, 11) is -6.86. The van der Waals surface area contributed by atoms with Gasteiger partial charge in [0.25, 0.3) is 5.91 Å². The largest absolute Gasteiger partial charge is 0.308 e. The van der Waals surface area contributed by atoms with Gasteiger partial charge in [0.1, 0.15) is 5.82 Å². The minimum Gasteiger partial charge on any atom is -0.308 e. The zero-order valence-corrected chi connectivity index (χ0v) is 27.0. The number of benzene rings is 4. The second-order valence-corrected chi connectivity index (χ2v) is 16.1. The van der Waals surface area contributed by atoms with Gasteiger partial charge in [-0.05, 0) is 104 Å². The Morgan fingerprint density at radius 3 is 2.18 bits per heavy atom. The number of halogens is 1. The summed E-state index contributed by atoms with van der Waals surface area (Å²) >= 11 is 0. The van der Waals surface area contributed by atoms with Crippen LogP contribution in [0.5, 0.6) is 0 Å². The zero-order chi connectivity index (χ0) is 32.6. The van der Waals surface area contributed by atoms with Crippen molar-refractivity contribution in [1.82, 2.24) is 4.98 Å². The number of nitrogens with zero attached hydrogens (tertiary/aromatic N) is 2. The van der Waals surface area contributed by atoms with E-state index in [0.717, 1.165) is 33.8 Å². The maximum atomic E-state index is 13.6. The molecule has 5 aromatic rings. The number of hydrogen-bond donors (Lipinski definition) is 0. The molecule has 0 unspecified atom stereocenters. The van der Waals surface area contributed by atoms with Crippen molar-refractivity contribution in [2.24, 2.45) is 0 Å². The molecule has 0 saturated carbocycles. The highest BCUT2D eigenvalue weighted by atomic mass is 32.2. The van der Waals surface area contributed by atoms with E-state index in [0.29, 0.717) is 23.2 Å². The van der Waals surface area contributed by atoms with E-state index in [2.05, 4.69) is 4.98 Å². The number of pyridine rings is 1. The Labute approximate surface area is 263 Å². The third kappa shape index (κ3) is 6.82. The van der Waals surface area contributed by atoms with E-state index < -0.39 is 30.2 Å². The van der Waals surface area contributed by atoms with E-state index in [1.807, 2.05) is 48.5 Å². The van der Waals surface area contributed by atoms with Crippen LogP contribution in [-0.2, 0) is 30.8 Å². The average Bonchev–Trinajstić information content (AvgIpc) is 3.00. The van der Waals surface area contributed by atoms with Gasteiger partial charge in [-0.15, -0.1) is 0 Å². The second kappa shape index (κ2) is 12.2. The topological polar surface area (TPSA) is 101 Å². The maximum Gasteiger partial charge on any atom is 0.258 e. The quantitative estimate of drug-likeness (QED) is 0.179. The summed E-state index contributed by atoms with van der Waals surface area (Å²) in [6.45, 7) is 3.63. The van der Waals surface area contributed by atoms with E-state index in [4.69, 9.17) is 0 Å². The highest BCUT2D eigenvalue weighted by molar-refractivity contribution is 7.91. The molecule has 0 fully saturated rings. The standard InChI is InChI=1S/C35H33FN2O5S2/c1-35(2,45(4,42)43)28-22-27-9-6-19-37-33(27)32(23-28)26-8-5-7-24(21-26)18-20-38(34(39)25-10-12-29(36)13-11-25)30-14-16-31(17-15-30)44(3,40)41/h5-17,19,21-23H,18,20H2,1-4H3. The number of aromatic nitrogens is 1. The number of carbonyl (C=O) groups is 1. The first-order chi connectivity index (χ1) is 21.1. The van der Waals surface area contributed by atoms with Crippen LogP contribution in [0.25, 0.3) is 22.0 Å². The van der Waals surface area contributed by atoms with Gasteiger partial charge in [0.05, 0.1) is 15.2 Å². The van der Waals surface area contributed by atoms with E-state index in [1.165, 1.54) is 47.6 Å². The molecule has 4 aromatic carbocycles. The van der Waals surface area contributed by atoms with Crippen LogP contribution in [0.15, 0.2) is 108 Å². The van der Waals surface area contributed by atoms with Crippen LogP contribution in [0.1, 0.15) is 35.3 Å². The fourth-order valence-electron chi connectivity index (χ4n) is 5.08. The summed E-state index contributed by atoms with van der Waals surface area (Å²) in [6, 6.07) is 26.6. The number of rotatable bonds is 9. The number of carbonyl (C=O) groups excluding carboxylic acids is 1. The molecular formula is C35H33FN2O5S2. The molecule has 0 aliphatic rings. The Morgan fingerprint density at radius 1 is 0.844 bits per heavy atom. The van der Waals surface area contributed by atoms with Crippen molar-refractivity contribution in [1.29, 1.82) is 0 Å². The van der Waals surface area contributed by atoms with Crippen molar-refractivity contribution in [2.45, 2.75) is 29.9 Å². The minimum absolute atomic E-state index is 0.134. The summed E-state index contributed by atoms with van der Waals surface area (Å²) < 4.78 is 61.9. The Bertz CT molecular complexity index is 2110. The van der Waals surface area contributed by atoms with Crippen LogP contribution in [-0.4, -0.2) is 46.8 Å². The van der Waals surface area contributed by atoms with Crippen molar-refractivity contribution in [3.05, 3.63) is 126 Å². The Kier molecular flexibility index (Phi) is 8.66. The van der Waals surface area contributed by atoms with Gasteiger partial charge >= 0.3 is 0 Å². The van der Waals surface area contributed by atoms with Gasteiger partial charge < -0.3 is 4.90 Å². The van der Waals surface area contributed by atoms with E-state index in [9.17, 15) is 26.0 Å². The SMILES string of the molecule is CC(C)(c1cc(-c2cccc(CCN(C(=O)c3ccc(F)cc3)c3ccc(S(C)(=O)=O)cc3)c2)c2ncccc2c1)S(C)(=O)=O. The highest BCUT2D eigenvalue weighted by Crippen LogP contribution is 2.36. The molecule has 7 nitrogen and oxygen atoms in total. The Hall–Kier alpha value is -4.41. The Morgan fingerprint density at radius 2 is 1.53 bits per heavy atom. The lowest BCUT2D eigenvalue weighted by molar-refractivity contribution is 0.0987. The molecule has 0 radical (unpaired) electrons. The summed E-state index contributed by atoms with van der Waals surface area (Å²) in [5.41, 5.74) is 4.72. The van der Waals surface area contributed by atoms with Crippen molar-refractivity contribution in [3.63, 3.8) is 0 Å². The van der Waals surface area contributed by atoms with Crippen LogP contribution in [0, 0.1) is 5.82 Å². The zero-order valence-electron chi connectivity index (χ0n) is 25.4. The van der Waals surface area contributed by atoms with Crippen LogP contribution >= 0.6 is 0 Å². The van der Waals surface area contributed by atoms with E-state index in [1.54, 1.807) is 32.2 Å². The van der Waals surface area contributed by atoms with E-state index >= 15 is 0 Å². The van der Waals surface area contributed by atoms with E-state index in [-0.39, 0.29) is 17.3 Å². The lowest BCUT2D eigenvalue weighted by Gasteiger charge is -2.25. The van der Waals surface area contributed by atoms with Gasteiger partial charge in [0.15, 0.2) is 19.7 Å². The molecule has 0 N–H and O–H groups in total. The molecule has 0 saturated heterocycles. The number of amides is 1. The minimum atomic E-state index is -3.43. The Balaban J connectivity index is 1.52. The second-order valence-electron chi connectivity index (χ2n) is 11.6. The third-order valence-corrected chi connectivity index (χ3v) is 11.3.